The number of benzene rings is 3. The predicted octanol–water partition coefficient (Wildman–Crippen LogP) is 6.62. The number of morpholine rings is 1. The lowest BCUT2D eigenvalue weighted by molar-refractivity contribution is -0.231. The molecule has 7 nitrogen and oxygen atoms in total. The summed E-state index contributed by atoms with van der Waals surface area (Å²) in [7, 11) is 0. The van der Waals surface area contributed by atoms with E-state index in [9.17, 15) is 35.5 Å². The smallest absolute Gasteiger partial charge is 0.349 e. The molecule has 0 saturated carbocycles. The van der Waals surface area contributed by atoms with Crippen molar-refractivity contribution in [1.82, 2.24) is 20.1 Å². The van der Waals surface area contributed by atoms with Gasteiger partial charge < -0.3 is 9.47 Å². The molecule has 1 aromatic heterocycles. The number of aromatic amines is 2. The Labute approximate surface area is 240 Å². The molecule has 3 aromatic carbocycles. The molecule has 0 bridgehead atoms. The predicted molar refractivity (Wildman–Crippen MR) is 140 cm³/mol. The zero-order valence-corrected chi connectivity index (χ0v) is 22.5. The summed E-state index contributed by atoms with van der Waals surface area (Å²) in [5.74, 6) is -0.0802. The summed E-state index contributed by atoms with van der Waals surface area (Å²) in [5.41, 5.74) is -1.56. The molecule has 43 heavy (non-hydrogen) atoms. The van der Waals surface area contributed by atoms with Crippen LogP contribution >= 0.6 is 0 Å². The average Bonchev–Trinajstić information content (AvgIpc) is 3.37. The van der Waals surface area contributed by atoms with E-state index in [1.807, 2.05) is 4.90 Å². The number of halogens is 7. The topological polar surface area (TPSA) is 83.2 Å². The molecule has 1 aliphatic rings. The normalized spacial score (nSPS) is 19.0. The summed E-state index contributed by atoms with van der Waals surface area (Å²) < 4.78 is 106. The van der Waals surface area contributed by atoms with Crippen LogP contribution in [0.25, 0.3) is 11.1 Å². The van der Waals surface area contributed by atoms with Crippen molar-refractivity contribution < 1.29 is 40.2 Å². The number of hydrogen-bond donors (Lipinski definition) is 2. The van der Waals surface area contributed by atoms with Crippen molar-refractivity contribution in [3.63, 3.8) is 0 Å². The lowest BCUT2D eigenvalue weighted by Crippen LogP contribution is -2.46. The quantitative estimate of drug-likeness (QED) is 0.229. The maximum Gasteiger partial charge on any atom is 0.416 e. The molecule has 0 spiro atoms. The Bertz CT molecular complexity index is 1570. The fraction of sp³-hybridized carbons (Fsp3) is 0.310. The zero-order chi connectivity index (χ0) is 30.9. The van der Waals surface area contributed by atoms with Crippen LogP contribution in [0.1, 0.15) is 47.1 Å². The Morgan fingerprint density at radius 2 is 1.53 bits per heavy atom. The van der Waals surface area contributed by atoms with E-state index in [-0.39, 0.29) is 30.6 Å². The van der Waals surface area contributed by atoms with Crippen LogP contribution in [0.5, 0.6) is 0 Å². The number of nitrogens with one attached hydrogen (secondary N) is 2. The van der Waals surface area contributed by atoms with Crippen molar-refractivity contribution >= 4 is 0 Å². The highest BCUT2D eigenvalue weighted by atomic mass is 19.4. The number of rotatable bonds is 7. The van der Waals surface area contributed by atoms with E-state index < -0.39 is 47.6 Å². The lowest BCUT2D eigenvalue weighted by Gasteiger charge is -2.41. The van der Waals surface area contributed by atoms with Gasteiger partial charge in [0.05, 0.1) is 36.4 Å². The molecule has 0 aliphatic carbocycles. The van der Waals surface area contributed by atoms with E-state index in [1.54, 1.807) is 36.4 Å². The summed E-state index contributed by atoms with van der Waals surface area (Å²) >= 11 is 0. The van der Waals surface area contributed by atoms with Crippen LogP contribution in [0.2, 0.25) is 0 Å². The average molecular weight is 614 g/mol. The van der Waals surface area contributed by atoms with Crippen molar-refractivity contribution in [3.8, 4) is 11.1 Å². The molecule has 1 aliphatic heterocycles. The second-order valence-electron chi connectivity index (χ2n) is 10.0. The molecule has 0 unspecified atom stereocenters. The molecule has 2 N–H and O–H groups in total. The number of ether oxygens (including phenoxy) is 2. The fourth-order valence-corrected chi connectivity index (χ4v) is 4.93. The summed E-state index contributed by atoms with van der Waals surface area (Å²) in [4.78, 5) is 16.0. The molecule has 0 radical (unpaired) electrons. The van der Waals surface area contributed by atoms with Crippen molar-refractivity contribution in [2.75, 3.05) is 13.2 Å². The maximum absolute atomic E-state index is 13.5. The monoisotopic (exact) mass is 613 g/mol. The first-order chi connectivity index (χ1) is 20.3. The number of hydrogen-bond acceptors (Lipinski definition) is 5. The van der Waals surface area contributed by atoms with Gasteiger partial charge >= 0.3 is 18.0 Å². The standard InChI is InChI=1S/C29H25F7N4O3/c1-16(20-12-21(28(31,32)33)14-22(13-20)29(34,35)36)43-26-25(40(10-11-42-26)15-24-37-27(41)39-38-24)19-4-2-17(3-5-19)18-6-8-23(30)9-7-18/h2-9,12-14,16,25-26H,10-11,15H2,1H3,(H2,37,38,39,41)/t16-,25-,26+/m1/s1/i27+1,38+1,39+1. The minimum absolute atomic E-state index is 0.0607. The van der Waals surface area contributed by atoms with E-state index in [4.69, 9.17) is 9.47 Å². The van der Waals surface area contributed by atoms with E-state index in [2.05, 4.69) is 15.2 Å². The van der Waals surface area contributed by atoms with Crippen molar-refractivity contribution in [2.24, 2.45) is 0 Å². The molecule has 1 saturated heterocycles. The van der Waals surface area contributed by atoms with Crippen LogP contribution in [0, 0.1) is 5.82 Å². The highest BCUT2D eigenvalue weighted by Gasteiger charge is 2.39. The molecule has 228 valence electrons. The number of aromatic nitrogens is 3. The highest BCUT2D eigenvalue weighted by molar-refractivity contribution is 5.63. The Morgan fingerprint density at radius 1 is 0.953 bits per heavy atom. The zero-order valence-electron chi connectivity index (χ0n) is 22.5. The van der Waals surface area contributed by atoms with Gasteiger partial charge in [-0.1, -0.05) is 36.4 Å². The first-order valence-corrected chi connectivity index (χ1v) is 13.1. The van der Waals surface area contributed by atoms with Crippen molar-refractivity contribution in [3.05, 3.63) is 111 Å². The van der Waals surface area contributed by atoms with Gasteiger partial charge in [-0.15, -0.1) is 0 Å². The van der Waals surface area contributed by atoms with Crippen LogP contribution in [0.3, 0.4) is 0 Å². The number of nitrogens with zero attached hydrogens (tertiary/aromatic N) is 2. The van der Waals surface area contributed by atoms with Crippen molar-refractivity contribution in [2.45, 2.75) is 44.3 Å². The van der Waals surface area contributed by atoms with Crippen LogP contribution in [-0.4, -0.2) is 39.5 Å². The van der Waals surface area contributed by atoms with Gasteiger partial charge in [-0.25, -0.2) is 14.3 Å². The third kappa shape index (κ3) is 7.14. The third-order valence-electron chi connectivity index (χ3n) is 7.06. The van der Waals surface area contributed by atoms with Crippen LogP contribution < -0.4 is 5.69 Å². The van der Waals surface area contributed by atoms with E-state index in [0.717, 1.165) is 11.1 Å². The SMILES string of the molecule is C[C@@H](O[C@@H]1OCCN(Cc2[nH][13c](=O)[15nH][15n]2)[C@@H]1c1ccc(-c2ccc(F)cc2)cc1)c1cc(C(F)(F)F)cc(C(F)(F)F)c1. The van der Waals surface area contributed by atoms with Gasteiger partial charge in [-0.2, -0.15) is 31.4 Å². The van der Waals surface area contributed by atoms with Gasteiger partial charge in [-0.05, 0) is 59.5 Å². The second kappa shape index (κ2) is 11.9. The first kappa shape index (κ1) is 30.4. The summed E-state index contributed by atoms with van der Waals surface area (Å²) in [6, 6.07) is 13.6. The van der Waals surface area contributed by atoms with Gasteiger partial charge in [-0.3, -0.25) is 9.88 Å². The van der Waals surface area contributed by atoms with Crippen molar-refractivity contribution in [1.29, 1.82) is 0 Å². The van der Waals surface area contributed by atoms with E-state index in [0.29, 0.717) is 30.1 Å². The summed E-state index contributed by atoms with van der Waals surface area (Å²) in [5, 5.41) is 6.22. The second-order valence-corrected chi connectivity index (χ2v) is 10.0. The molecule has 4 aromatic rings. The van der Waals surface area contributed by atoms with E-state index in [1.165, 1.54) is 19.1 Å². The van der Waals surface area contributed by atoms with Gasteiger partial charge in [0.2, 0.25) is 0 Å². The van der Waals surface area contributed by atoms with Gasteiger partial charge in [0.15, 0.2) is 6.29 Å². The summed E-state index contributed by atoms with van der Waals surface area (Å²) in [6.45, 7) is 1.93. The largest absolute Gasteiger partial charge is 0.416 e. The molecule has 5 rings (SSSR count). The van der Waals surface area contributed by atoms with Gasteiger partial charge in [0.25, 0.3) is 0 Å². The molecule has 3 atom stereocenters. The molecular formula is C29H25F7N4O3. The first-order valence-electron chi connectivity index (χ1n) is 13.1. The fourth-order valence-electron chi connectivity index (χ4n) is 4.93. The third-order valence-corrected chi connectivity index (χ3v) is 7.06. The Morgan fingerprint density at radius 3 is 2.07 bits per heavy atom. The van der Waals surface area contributed by atoms with Crippen LogP contribution in [-0.2, 0) is 28.4 Å². The molecule has 1 fully saturated rings. The maximum atomic E-state index is 13.5. The Hall–Kier alpha value is -4.01. The van der Waals surface area contributed by atoms with Gasteiger partial charge in [0, 0.05) is 6.54 Å². The van der Waals surface area contributed by atoms with Crippen LogP contribution in [0.15, 0.2) is 71.5 Å². The molecule has 0 amide bonds. The van der Waals surface area contributed by atoms with Gasteiger partial charge in [0.1, 0.15) is 11.6 Å². The van der Waals surface area contributed by atoms with E-state index >= 15 is 0 Å². The molecular weight excluding hydrogens is 588 g/mol. The lowest BCUT2D eigenvalue weighted by atomic mass is 9.98. The minimum Gasteiger partial charge on any atom is -0.349 e. The highest BCUT2D eigenvalue weighted by Crippen LogP contribution is 2.40. The molecule has 2 heterocycles. The minimum atomic E-state index is -5.01. The molecule has 14 heteroatoms. The summed E-state index contributed by atoms with van der Waals surface area (Å²) in [6.07, 6.45) is -12.4. The van der Waals surface area contributed by atoms with Crippen LogP contribution in [0.4, 0.5) is 30.7 Å². The number of alkyl halides is 6. The Kier molecular flexibility index (Phi) is 8.45. The number of H-pyrrole nitrogens is 2. The Balaban J connectivity index is 1.48.